The zero-order valence-electron chi connectivity index (χ0n) is 15.0. The van der Waals surface area contributed by atoms with Crippen LogP contribution >= 0.6 is 0 Å². The van der Waals surface area contributed by atoms with Crippen LogP contribution in [0.5, 0.6) is 11.5 Å². The summed E-state index contributed by atoms with van der Waals surface area (Å²) in [4.78, 5) is 2.18. The number of piperidine rings is 1. The highest BCUT2D eigenvalue weighted by Crippen LogP contribution is 2.36. The van der Waals surface area contributed by atoms with Gasteiger partial charge < -0.3 is 14.4 Å². The maximum absolute atomic E-state index is 11.5. The quantitative estimate of drug-likeness (QED) is 0.813. The van der Waals surface area contributed by atoms with Gasteiger partial charge in [-0.05, 0) is 18.9 Å². The highest BCUT2D eigenvalue weighted by Gasteiger charge is 2.28. The van der Waals surface area contributed by atoms with Gasteiger partial charge in [0.15, 0.2) is 11.5 Å². The van der Waals surface area contributed by atoms with E-state index in [4.69, 9.17) is 14.6 Å². The molecule has 1 fully saturated rings. The van der Waals surface area contributed by atoms with Crippen LogP contribution in [0.1, 0.15) is 12.8 Å². The third kappa shape index (κ3) is 3.53. The second kappa shape index (κ2) is 7.22. The van der Waals surface area contributed by atoms with Crippen molar-refractivity contribution in [2.24, 2.45) is 5.14 Å². The van der Waals surface area contributed by atoms with Crippen molar-refractivity contribution in [3.8, 4) is 11.5 Å². The molecule has 0 saturated carbocycles. The number of ether oxygens (including phenoxy) is 2. The van der Waals surface area contributed by atoms with Crippen LogP contribution in [0.4, 0.5) is 5.69 Å². The van der Waals surface area contributed by atoms with E-state index in [-0.39, 0.29) is 6.04 Å². The Morgan fingerprint density at radius 3 is 2.38 bits per heavy atom. The molecule has 0 radical (unpaired) electrons. The third-order valence-electron chi connectivity index (χ3n) is 4.84. The van der Waals surface area contributed by atoms with Gasteiger partial charge in [0, 0.05) is 37.6 Å². The van der Waals surface area contributed by atoms with Crippen LogP contribution < -0.4 is 19.5 Å². The monoisotopic (exact) mass is 381 g/mol. The predicted molar refractivity (Wildman–Crippen MR) is 98.7 cm³/mol. The molecule has 1 aliphatic rings. The zero-order chi connectivity index (χ0) is 18.9. The van der Waals surface area contributed by atoms with Crippen molar-refractivity contribution in [1.29, 1.82) is 0 Å². The molecule has 2 aromatic rings. The molecule has 0 atom stereocenters. The lowest BCUT2D eigenvalue weighted by Gasteiger charge is -2.36. The van der Waals surface area contributed by atoms with E-state index >= 15 is 0 Å². The second-order valence-electron chi connectivity index (χ2n) is 6.23. The van der Waals surface area contributed by atoms with Gasteiger partial charge in [-0.15, -0.1) is 0 Å². The molecule has 3 rings (SSSR count). The number of methoxy groups -OCH3 is 2. The number of aromatic nitrogens is 2. The molecule has 0 unspecified atom stereocenters. The molecule has 2 heterocycles. The van der Waals surface area contributed by atoms with Crippen molar-refractivity contribution in [3.05, 3.63) is 18.3 Å². The number of nitrogens with two attached hydrogens (primary N) is 1. The molecule has 10 heteroatoms. The molecule has 0 spiro atoms. The number of benzene rings is 1. The average Bonchev–Trinajstić information content (AvgIpc) is 2.65. The van der Waals surface area contributed by atoms with Crippen LogP contribution in [-0.4, -0.2) is 63.3 Å². The minimum atomic E-state index is -3.67. The van der Waals surface area contributed by atoms with E-state index in [1.807, 2.05) is 6.07 Å². The summed E-state index contributed by atoms with van der Waals surface area (Å²) in [6, 6.07) is 3.59. The Hall–Kier alpha value is -2.17. The fourth-order valence-corrected chi connectivity index (χ4v) is 3.93. The molecule has 1 aliphatic heterocycles. The van der Waals surface area contributed by atoms with E-state index in [9.17, 15) is 8.42 Å². The first-order valence-electron chi connectivity index (χ1n) is 8.23. The molecule has 1 aromatic carbocycles. The Morgan fingerprint density at radius 2 is 1.81 bits per heavy atom. The van der Waals surface area contributed by atoms with Gasteiger partial charge in [-0.1, -0.05) is 0 Å². The van der Waals surface area contributed by atoms with Gasteiger partial charge in [0.2, 0.25) is 0 Å². The summed E-state index contributed by atoms with van der Waals surface area (Å²) in [7, 11) is 1.02. The number of hydrogen-bond donors (Lipinski definition) is 1. The van der Waals surface area contributed by atoms with Crippen molar-refractivity contribution < 1.29 is 17.9 Å². The van der Waals surface area contributed by atoms with Crippen molar-refractivity contribution in [2.45, 2.75) is 18.9 Å². The van der Waals surface area contributed by atoms with Crippen LogP contribution in [0.25, 0.3) is 10.9 Å². The van der Waals surface area contributed by atoms with Gasteiger partial charge in [0.25, 0.3) is 10.2 Å². The SMILES string of the molecule is COc1cc2nncc(N3CCC(N(C)S(N)(=O)=O)CC3)c2cc1OC. The van der Waals surface area contributed by atoms with Gasteiger partial charge in [-0.2, -0.15) is 22.9 Å². The van der Waals surface area contributed by atoms with E-state index in [0.717, 1.165) is 11.1 Å². The van der Waals surface area contributed by atoms with Crippen LogP contribution in [-0.2, 0) is 10.2 Å². The summed E-state index contributed by atoms with van der Waals surface area (Å²) in [6.07, 6.45) is 3.09. The molecule has 142 valence electrons. The number of rotatable bonds is 5. The van der Waals surface area contributed by atoms with Crippen molar-refractivity contribution >= 4 is 26.8 Å². The Labute approximate surface area is 152 Å². The molecule has 1 saturated heterocycles. The molecular weight excluding hydrogens is 358 g/mol. The lowest BCUT2D eigenvalue weighted by molar-refractivity contribution is 0.312. The minimum absolute atomic E-state index is 0.100. The Balaban J connectivity index is 1.88. The van der Waals surface area contributed by atoms with Crippen LogP contribution in [0.15, 0.2) is 18.3 Å². The normalized spacial score (nSPS) is 16.3. The lowest BCUT2D eigenvalue weighted by atomic mass is 10.0. The zero-order valence-corrected chi connectivity index (χ0v) is 15.9. The third-order valence-corrected chi connectivity index (χ3v) is 5.95. The summed E-state index contributed by atoms with van der Waals surface area (Å²) in [5.41, 5.74) is 1.65. The average molecular weight is 381 g/mol. The van der Waals surface area contributed by atoms with E-state index in [1.54, 1.807) is 26.5 Å². The Bertz CT molecular complexity index is 897. The molecule has 9 nitrogen and oxygen atoms in total. The molecule has 0 amide bonds. The number of nitrogens with zero attached hydrogens (tertiary/aromatic N) is 4. The summed E-state index contributed by atoms with van der Waals surface area (Å²) >= 11 is 0. The summed E-state index contributed by atoms with van der Waals surface area (Å²) in [6.45, 7) is 1.39. The largest absolute Gasteiger partial charge is 0.493 e. The predicted octanol–water partition coefficient (Wildman–Crippen LogP) is 0.751. The highest BCUT2D eigenvalue weighted by molar-refractivity contribution is 7.86. The molecular formula is C16H23N5O4S. The van der Waals surface area contributed by atoms with Gasteiger partial charge in [0.05, 0.1) is 31.6 Å². The van der Waals surface area contributed by atoms with E-state index < -0.39 is 10.2 Å². The number of hydrogen-bond acceptors (Lipinski definition) is 7. The van der Waals surface area contributed by atoms with Crippen molar-refractivity contribution in [2.75, 3.05) is 39.3 Å². The fourth-order valence-electron chi connectivity index (χ4n) is 3.30. The maximum Gasteiger partial charge on any atom is 0.276 e. The van der Waals surface area contributed by atoms with Gasteiger partial charge in [-0.3, -0.25) is 0 Å². The lowest BCUT2D eigenvalue weighted by Crippen LogP contribution is -2.47. The minimum Gasteiger partial charge on any atom is -0.493 e. The van der Waals surface area contributed by atoms with Crippen LogP contribution in [0.3, 0.4) is 0 Å². The first-order valence-corrected chi connectivity index (χ1v) is 9.73. The first kappa shape index (κ1) is 18.6. The van der Waals surface area contributed by atoms with E-state index in [1.165, 1.54) is 11.4 Å². The smallest absolute Gasteiger partial charge is 0.276 e. The van der Waals surface area contributed by atoms with Gasteiger partial charge in [0.1, 0.15) is 0 Å². The molecule has 0 aliphatic carbocycles. The molecule has 26 heavy (non-hydrogen) atoms. The standard InChI is InChI=1S/C16H23N5O4S/c1-20(26(17,22)23)11-4-6-21(7-5-11)14-10-18-19-13-9-16(25-3)15(24-2)8-12(13)14/h8-11H,4-7H2,1-3H3,(H2,17,22,23). The summed E-state index contributed by atoms with van der Waals surface area (Å²) in [5.74, 6) is 1.22. The Kier molecular flexibility index (Phi) is 5.17. The van der Waals surface area contributed by atoms with Crippen molar-refractivity contribution in [3.63, 3.8) is 0 Å². The van der Waals surface area contributed by atoms with Crippen LogP contribution in [0, 0.1) is 0 Å². The molecule has 1 aromatic heterocycles. The highest BCUT2D eigenvalue weighted by atomic mass is 32.2. The van der Waals surface area contributed by atoms with E-state index in [2.05, 4.69) is 15.1 Å². The first-order chi connectivity index (χ1) is 12.3. The second-order valence-corrected chi connectivity index (χ2v) is 7.84. The van der Waals surface area contributed by atoms with Crippen LogP contribution in [0.2, 0.25) is 0 Å². The molecule has 0 bridgehead atoms. The molecule has 2 N–H and O–H groups in total. The van der Waals surface area contributed by atoms with Crippen molar-refractivity contribution in [1.82, 2.24) is 14.5 Å². The summed E-state index contributed by atoms with van der Waals surface area (Å²) < 4.78 is 35.0. The maximum atomic E-state index is 11.5. The fraction of sp³-hybridized carbons (Fsp3) is 0.500. The number of anilines is 1. The van der Waals surface area contributed by atoms with Gasteiger partial charge >= 0.3 is 0 Å². The topological polar surface area (TPSA) is 111 Å². The Morgan fingerprint density at radius 1 is 1.19 bits per heavy atom. The summed E-state index contributed by atoms with van der Waals surface area (Å²) in [5, 5.41) is 14.4. The number of fused-ring (bicyclic) bond motifs is 1. The van der Waals surface area contributed by atoms with Gasteiger partial charge in [-0.25, -0.2) is 5.14 Å². The van der Waals surface area contributed by atoms with E-state index in [0.29, 0.717) is 42.9 Å².